The van der Waals surface area contributed by atoms with Crippen molar-refractivity contribution in [2.24, 2.45) is 5.92 Å². The van der Waals surface area contributed by atoms with Crippen molar-refractivity contribution in [2.75, 3.05) is 19.1 Å². The standard InChI is InChI=1S/C17H32N2O5S/c1-11(2)10-13(19-16(22)24-17(3,4)5)14(20)18-12(8-9-25-7)15(21)23-6/h11-13H,8-10H2,1-7H3,(H,18,20)(H,19,22)/t12-,13?/m0/s1. The van der Waals surface area contributed by atoms with Crippen molar-refractivity contribution in [1.82, 2.24) is 10.6 Å². The number of carbonyl (C=O) groups is 3. The van der Waals surface area contributed by atoms with Crippen LogP contribution in [0.2, 0.25) is 0 Å². The Morgan fingerprint density at radius 3 is 2.12 bits per heavy atom. The van der Waals surface area contributed by atoms with Crippen LogP contribution < -0.4 is 10.6 Å². The summed E-state index contributed by atoms with van der Waals surface area (Å²) in [6.07, 6.45) is 2.15. The summed E-state index contributed by atoms with van der Waals surface area (Å²) >= 11 is 1.57. The van der Waals surface area contributed by atoms with E-state index >= 15 is 0 Å². The number of hydrogen-bond acceptors (Lipinski definition) is 6. The van der Waals surface area contributed by atoms with Crippen LogP contribution in [0.5, 0.6) is 0 Å². The molecule has 0 aromatic rings. The van der Waals surface area contributed by atoms with Crippen molar-refractivity contribution < 1.29 is 23.9 Å². The van der Waals surface area contributed by atoms with Crippen LogP contribution in [-0.2, 0) is 19.1 Å². The molecule has 2 N–H and O–H groups in total. The zero-order chi connectivity index (χ0) is 19.6. The van der Waals surface area contributed by atoms with E-state index in [4.69, 9.17) is 9.47 Å². The third-order valence-corrected chi connectivity index (χ3v) is 3.77. The molecule has 0 radical (unpaired) electrons. The van der Waals surface area contributed by atoms with Gasteiger partial charge >= 0.3 is 12.1 Å². The van der Waals surface area contributed by atoms with E-state index in [9.17, 15) is 14.4 Å². The molecule has 0 saturated heterocycles. The van der Waals surface area contributed by atoms with Crippen molar-refractivity contribution in [3.63, 3.8) is 0 Å². The second-order valence-electron chi connectivity index (χ2n) is 7.19. The summed E-state index contributed by atoms with van der Waals surface area (Å²) in [6, 6.07) is -1.52. The molecule has 7 nitrogen and oxygen atoms in total. The van der Waals surface area contributed by atoms with Gasteiger partial charge in [-0.2, -0.15) is 11.8 Å². The molecule has 0 bridgehead atoms. The summed E-state index contributed by atoms with van der Waals surface area (Å²) in [5.74, 6) is -0.0403. The van der Waals surface area contributed by atoms with E-state index in [1.165, 1.54) is 7.11 Å². The molecule has 0 spiro atoms. The number of alkyl carbamates (subject to hydrolysis) is 1. The van der Waals surface area contributed by atoms with Gasteiger partial charge in [0.25, 0.3) is 0 Å². The topological polar surface area (TPSA) is 93.7 Å². The van der Waals surface area contributed by atoms with E-state index in [0.717, 1.165) is 0 Å². The molecule has 0 fully saturated rings. The maximum Gasteiger partial charge on any atom is 0.408 e. The van der Waals surface area contributed by atoms with Gasteiger partial charge in [0.2, 0.25) is 5.91 Å². The smallest absolute Gasteiger partial charge is 0.408 e. The molecule has 25 heavy (non-hydrogen) atoms. The molecular formula is C17H32N2O5S. The summed E-state index contributed by atoms with van der Waals surface area (Å²) in [5, 5.41) is 5.27. The first-order valence-corrected chi connectivity index (χ1v) is 9.76. The van der Waals surface area contributed by atoms with Crippen LogP contribution in [0.25, 0.3) is 0 Å². The molecule has 0 aliphatic carbocycles. The molecule has 0 aromatic heterocycles. The molecule has 0 heterocycles. The normalized spacial score (nSPS) is 13.8. The van der Waals surface area contributed by atoms with Gasteiger partial charge in [-0.3, -0.25) is 4.79 Å². The fourth-order valence-electron chi connectivity index (χ4n) is 2.05. The fourth-order valence-corrected chi connectivity index (χ4v) is 2.52. The summed E-state index contributed by atoms with van der Waals surface area (Å²) in [7, 11) is 1.28. The molecule has 0 rings (SSSR count). The lowest BCUT2D eigenvalue weighted by molar-refractivity contribution is -0.145. The first kappa shape index (κ1) is 23.6. The zero-order valence-corrected chi connectivity index (χ0v) is 17.1. The average Bonchev–Trinajstić information content (AvgIpc) is 2.47. The van der Waals surface area contributed by atoms with Gasteiger partial charge in [0.15, 0.2) is 0 Å². The zero-order valence-electron chi connectivity index (χ0n) is 16.3. The van der Waals surface area contributed by atoms with Gasteiger partial charge in [-0.05, 0) is 51.5 Å². The second-order valence-corrected chi connectivity index (χ2v) is 8.18. The quantitative estimate of drug-likeness (QED) is 0.600. The van der Waals surface area contributed by atoms with E-state index in [-0.39, 0.29) is 5.92 Å². The molecule has 2 atom stereocenters. The average molecular weight is 377 g/mol. The Kier molecular flexibility index (Phi) is 10.6. The highest BCUT2D eigenvalue weighted by molar-refractivity contribution is 7.98. The van der Waals surface area contributed by atoms with E-state index in [1.807, 2.05) is 20.1 Å². The van der Waals surface area contributed by atoms with Crippen molar-refractivity contribution in [3.8, 4) is 0 Å². The molecule has 2 amide bonds. The molecule has 0 saturated carbocycles. The number of rotatable bonds is 9. The molecule has 0 aliphatic heterocycles. The molecule has 8 heteroatoms. The first-order chi connectivity index (χ1) is 11.5. The van der Waals surface area contributed by atoms with Crippen molar-refractivity contribution in [2.45, 2.75) is 65.1 Å². The second kappa shape index (κ2) is 11.2. The highest BCUT2D eigenvalue weighted by Gasteiger charge is 2.29. The summed E-state index contributed by atoms with van der Waals surface area (Å²) < 4.78 is 9.96. The minimum Gasteiger partial charge on any atom is -0.467 e. The van der Waals surface area contributed by atoms with Gasteiger partial charge in [-0.1, -0.05) is 13.8 Å². The number of thioether (sulfide) groups is 1. The van der Waals surface area contributed by atoms with E-state index in [1.54, 1.807) is 32.5 Å². The monoisotopic (exact) mass is 376 g/mol. The van der Waals surface area contributed by atoms with Crippen LogP contribution >= 0.6 is 11.8 Å². The van der Waals surface area contributed by atoms with E-state index in [0.29, 0.717) is 18.6 Å². The first-order valence-electron chi connectivity index (χ1n) is 8.36. The minimum absolute atomic E-state index is 0.175. The summed E-state index contributed by atoms with van der Waals surface area (Å²) in [6.45, 7) is 9.14. The Morgan fingerprint density at radius 1 is 1.08 bits per heavy atom. The number of hydrogen-bond donors (Lipinski definition) is 2. The Morgan fingerprint density at radius 2 is 1.68 bits per heavy atom. The minimum atomic E-state index is -0.781. The number of methoxy groups -OCH3 is 1. The highest BCUT2D eigenvalue weighted by atomic mass is 32.2. The number of amides is 2. The van der Waals surface area contributed by atoms with Crippen LogP contribution in [0.4, 0.5) is 4.79 Å². The van der Waals surface area contributed by atoms with Crippen molar-refractivity contribution >= 4 is 29.7 Å². The molecule has 146 valence electrons. The van der Waals surface area contributed by atoms with Crippen LogP contribution in [0.3, 0.4) is 0 Å². The van der Waals surface area contributed by atoms with Gasteiger partial charge in [0.05, 0.1) is 7.11 Å². The molecule has 0 aliphatic rings. The summed E-state index contributed by atoms with van der Waals surface area (Å²) in [4.78, 5) is 36.4. The highest BCUT2D eigenvalue weighted by Crippen LogP contribution is 2.10. The Balaban J connectivity index is 5.01. The Hall–Kier alpha value is -1.44. The number of ether oxygens (including phenoxy) is 2. The summed E-state index contributed by atoms with van der Waals surface area (Å²) in [5.41, 5.74) is -0.657. The van der Waals surface area contributed by atoms with Gasteiger partial charge < -0.3 is 20.1 Å². The van der Waals surface area contributed by atoms with E-state index < -0.39 is 35.7 Å². The maximum absolute atomic E-state index is 12.6. The Labute approximate surface area is 155 Å². The van der Waals surface area contributed by atoms with E-state index in [2.05, 4.69) is 10.6 Å². The van der Waals surface area contributed by atoms with Crippen LogP contribution in [-0.4, -0.2) is 54.8 Å². The number of carbonyl (C=O) groups excluding carboxylic acids is 3. The third-order valence-electron chi connectivity index (χ3n) is 3.13. The number of nitrogens with one attached hydrogen (secondary N) is 2. The lowest BCUT2D eigenvalue weighted by atomic mass is 10.0. The van der Waals surface area contributed by atoms with Crippen molar-refractivity contribution in [1.29, 1.82) is 0 Å². The fraction of sp³-hybridized carbons (Fsp3) is 0.824. The molecule has 1 unspecified atom stereocenters. The van der Waals surface area contributed by atoms with Crippen LogP contribution in [0.1, 0.15) is 47.5 Å². The largest absolute Gasteiger partial charge is 0.467 e. The third kappa shape index (κ3) is 10.9. The van der Waals surface area contributed by atoms with Gasteiger partial charge in [-0.15, -0.1) is 0 Å². The Bertz CT molecular complexity index is 449. The molecular weight excluding hydrogens is 344 g/mol. The van der Waals surface area contributed by atoms with Crippen LogP contribution in [0, 0.1) is 5.92 Å². The molecule has 0 aromatic carbocycles. The maximum atomic E-state index is 12.6. The van der Waals surface area contributed by atoms with Crippen LogP contribution in [0.15, 0.2) is 0 Å². The predicted octanol–water partition coefficient (Wildman–Crippen LogP) is 2.34. The number of esters is 1. The van der Waals surface area contributed by atoms with Gasteiger partial charge in [-0.25, -0.2) is 9.59 Å². The predicted molar refractivity (Wildman–Crippen MR) is 99.6 cm³/mol. The lowest BCUT2D eigenvalue weighted by Crippen LogP contribution is -2.53. The van der Waals surface area contributed by atoms with Gasteiger partial charge in [0.1, 0.15) is 17.7 Å². The van der Waals surface area contributed by atoms with Crippen molar-refractivity contribution in [3.05, 3.63) is 0 Å². The lowest BCUT2D eigenvalue weighted by Gasteiger charge is -2.25. The SMILES string of the molecule is COC(=O)[C@H](CCSC)NC(=O)C(CC(C)C)NC(=O)OC(C)(C)C. The van der Waals surface area contributed by atoms with Gasteiger partial charge in [0, 0.05) is 0 Å².